The first-order valence-corrected chi connectivity index (χ1v) is 10.2. The molecule has 4 nitrogen and oxygen atoms in total. The van der Waals surface area contributed by atoms with Gasteiger partial charge in [0.1, 0.15) is 0 Å². The summed E-state index contributed by atoms with van der Waals surface area (Å²) in [5.74, 6) is 2.01. The Bertz CT molecular complexity index is 1460. The molecule has 146 valence electrons. The third kappa shape index (κ3) is 3.15. The molecule has 4 aromatic carbocycles. The van der Waals surface area contributed by atoms with Crippen LogP contribution in [0.1, 0.15) is 0 Å². The molecule has 0 aliphatic rings. The van der Waals surface area contributed by atoms with Gasteiger partial charge in [-0.2, -0.15) is 0 Å². The van der Waals surface area contributed by atoms with Crippen LogP contribution in [-0.4, -0.2) is 19.9 Å². The maximum atomic E-state index is 4.84. The number of nitrogens with zero attached hydrogens (tertiary/aromatic N) is 3. The van der Waals surface area contributed by atoms with Crippen LogP contribution in [-0.2, 0) is 0 Å². The largest absolute Gasteiger partial charge is 0.355 e. The average Bonchev–Trinajstić information content (AvgIpc) is 3.23. The van der Waals surface area contributed by atoms with Crippen LogP contribution in [0.2, 0.25) is 0 Å². The molecule has 0 bridgehead atoms. The average molecular weight is 398 g/mol. The standard InChI is InChI=1S/C27H18N4/c1-3-9-18(10-4-1)25-29-26(19-11-5-2-6-12-19)31-27(30-25)20-15-16-24-22(17-20)21-13-7-8-14-23(21)28-24/h1-17,28H. The molecule has 0 spiro atoms. The van der Waals surface area contributed by atoms with Crippen molar-refractivity contribution in [3.63, 3.8) is 0 Å². The van der Waals surface area contributed by atoms with Gasteiger partial charge in [0.2, 0.25) is 0 Å². The Morgan fingerprint density at radius 1 is 0.419 bits per heavy atom. The summed E-state index contributed by atoms with van der Waals surface area (Å²) in [6, 6.07) is 34.7. The van der Waals surface area contributed by atoms with Crippen LogP contribution < -0.4 is 0 Å². The molecule has 2 heterocycles. The summed E-state index contributed by atoms with van der Waals surface area (Å²) in [4.78, 5) is 17.9. The highest BCUT2D eigenvalue weighted by Gasteiger charge is 2.13. The number of aromatic amines is 1. The molecule has 31 heavy (non-hydrogen) atoms. The van der Waals surface area contributed by atoms with Crippen molar-refractivity contribution < 1.29 is 0 Å². The lowest BCUT2D eigenvalue weighted by Gasteiger charge is -2.08. The summed E-state index contributed by atoms with van der Waals surface area (Å²) in [6.45, 7) is 0. The number of rotatable bonds is 3. The van der Waals surface area contributed by atoms with Gasteiger partial charge in [-0.05, 0) is 24.3 Å². The predicted molar refractivity (Wildman–Crippen MR) is 125 cm³/mol. The predicted octanol–water partition coefficient (Wildman–Crippen LogP) is 6.51. The van der Waals surface area contributed by atoms with E-state index < -0.39 is 0 Å². The highest BCUT2D eigenvalue weighted by molar-refractivity contribution is 6.08. The molecule has 0 saturated carbocycles. The van der Waals surface area contributed by atoms with Gasteiger partial charge >= 0.3 is 0 Å². The summed E-state index contributed by atoms with van der Waals surface area (Å²) in [7, 11) is 0. The van der Waals surface area contributed by atoms with Gasteiger partial charge in [0.25, 0.3) is 0 Å². The Labute approximate surface area is 179 Å². The van der Waals surface area contributed by atoms with E-state index in [2.05, 4.69) is 41.4 Å². The third-order valence-corrected chi connectivity index (χ3v) is 5.46. The zero-order valence-electron chi connectivity index (χ0n) is 16.7. The molecule has 2 aromatic heterocycles. The van der Waals surface area contributed by atoms with E-state index in [1.807, 2.05) is 66.7 Å². The van der Waals surface area contributed by atoms with Crippen molar-refractivity contribution in [1.29, 1.82) is 0 Å². The van der Waals surface area contributed by atoms with Gasteiger partial charge in [0, 0.05) is 38.5 Å². The van der Waals surface area contributed by atoms with Crippen LogP contribution in [0, 0.1) is 0 Å². The van der Waals surface area contributed by atoms with Gasteiger partial charge in [0.15, 0.2) is 17.5 Å². The number of fused-ring (bicyclic) bond motifs is 3. The molecule has 6 rings (SSSR count). The van der Waals surface area contributed by atoms with Crippen molar-refractivity contribution >= 4 is 21.8 Å². The Morgan fingerprint density at radius 2 is 0.935 bits per heavy atom. The Morgan fingerprint density at radius 3 is 1.58 bits per heavy atom. The number of hydrogen-bond acceptors (Lipinski definition) is 3. The van der Waals surface area contributed by atoms with Crippen LogP contribution in [0.4, 0.5) is 0 Å². The molecule has 0 unspecified atom stereocenters. The van der Waals surface area contributed by atoms with Crippen LogP contribution in [0.25, 0.3) is 56.0 Å². The minimum absolute atomic E-state index is 0.667. The summed E-state index contributed by atoms with van der Waals surface area (Å²) in [5.41, 5.74) is 5.13. The first kappa shape index (κ1) is 17.5. The molecule has 0 aliphatic heterocycles. The van der Waals surface area contributed by atoms with E-state index in [0.29, 0.717) is 17.5 Å². The minimum atomic E-state index is 0.667. The summed E-state index contributed by atoms with van der Waals surface area (Å²) in [6.07, 6.45) is 0. The molecule has 0 saturated heterocycles. The van der Waals surface area contributed by atoms with Gasteiger partial charge in [-0.25, -0.2) is 15.0 Å². The minimum Gasteiger partial charge on any atom is -0.355 e. The fourth-order valence-corrected chi connectivity index (χ4v) is 3.92. The number of benzene rings is 4. The van der Waals surface area contributed by atoms with Gasteiger partial charge in [-0.1, -0.05) is 78.9 Å². The van der Waals surface area contributed by atoms with Crippen LogP contribution >= 0.6 is 0 Å². The fourth-order valence-electron chi connectivity index (χ4n) is 3.92. The lowest BCUT2D eigenvalue weighted by Crippen LogP contribution is -2.00. The van der Waals surface area contributed by atoms with Crippen molar-refractivity contribution in [2.45, 2.75) is 0 Å². The second kappa shape index (κ2) is 7.18. The van der Waals surface area contributed by atoms with Gasteiger partial charge < -0.3 is 4.98 Å². The van der Waals surface area contributed by atoms with E-state index in [1.54, 1.807) is 0 Å². The second-order valence-corrected chi connectivity index (χ2v) is 7.47. The highest BCUT2D eigenvalue weighted by atomic mass is 15.0. The Kier molecular flexibility index (Phi) is 4.06. The summed E-state index contributed by atoms with van der Waals surface area (Å²) in [5, 5.41) is 2.36. The van der Waals surface area contributed by atoms with E-state index in [4.69, 9.17) is 15.0 Å². The van der Waals surface area contributed by atoms with E-state index >= 15 is 0 Å². The van der Waals surface area contributed by atoms with Crippen molar-refractivity contribution in [2.24, 2.45) is 0 Å². The molecule has 0 aliphatic carbocycles. The van der Waals surface area contributed by atoms with Crippen molar-refractivity contribution in [3.05, 3.63) is 103 Å². The van der Waals surface area contributed by atoms with Crippen LogP contribution in [0.3, 0.4) is 0 Å². The lowest BCUT2D eigenvalue weighted by atomic mass is 10.1. The normalized spacial score (nSPS) is 11.2. The smallest absolute Gasteiger partial charge is 0.164 e. The lowest BCUT2D eigenvalue weighted by molar-refractivity contribution is 1.07. The molecule has 0 atom stereocenters. The molecule has 1 N–H and O–H groups in total. The number of para-hydroxylation sites is 1. The van der Waals surface area contributed by atoms with Crippen LogP contribution in [0.15, 0.2) is 103 Å². The summed E-state index contributed by atoms with van der Waals surface area (Å²) < 4.78 is 0. The molecule has 4 heteroatoms. The molecule has 0 amide bonds. The molecule has 0 fully saturated rings. The topological polar surface area (TPSA) is 54.5 Å². The fraction of sp³-hybridized carbons (Fsp3) is 0. The molecule has 0 radical (unpaired) electrons. The molecular formula is C27H18N4. The SMILES string of the molecule is c1ccc(-c2nc(-c3ccccc3)nc(-c3ccc4[nH]c5ccccc5c4c3)n2)cc1. The number of hydrogen-bond donors (Lipinski definition) is 1. The van der Waals surface area contributed by atoms with Gasteiger partial charge in [0.05, 0.1) is 0 Å². The quantitative estimate of drug-likeness (QED) is 0.370. The van der Waals surface area contributed by atoms with Gasteiger partial charge in [-0.15, -0.1) is 0 Å². The van der Waals surface area contributed by atoms with Crippen molar-refractivity contribution in [2.75, 3.05) is 0 Å². The zero-order valence-corrected chi connectivity index (χ0v) is 16.7. The van der Waals surface area contributed by atoms with Gasteiger partial charge in [-0.3, -0.25) is 0 Å². The monoisotopic (exact) mass is 398 g/mol. The highest BCUT2D eigenvalue weighted by Crippen LogP contribution is 2.30. The molecular weight excluding hydrogens is 380 g/mol. The second-order valence-electron chi connectivity index (χ2n) is 7.47. The summed E-state index contributed by atoms with van der Waals surface area (Å²) >= 11 is 0. The Balaban J connectivity index is 1.58. The first-order valence-electron chi connectivity index (χ1n) is 10.2. The van der Waals surface area contributed by atoms with Crippen molar-refractivity contribution in [1.82, 2.24) is 19.9 Å². The van der Waals surface area contributed by atoms with Crippen molar-refractivity contribution in [3.8, 4) is 34.2 Å². The van der Waals surface area contributed by atoms with E-state index in [0.717, 1.165) is 33.1 Å². The maximum absolute atomic E-state index is 4.84. The third-order valence-electron chi connectivity index (χ3n) is 5.46. The van der Waals surface area contributed by atoms with E-state index in [9.17, 15) is 0 Å². The number of H-pyrrole nitrogens is 1. The Hall–Kier alpha value is -4.31. The number of aromatic nitrogens is 4. The molecule has 6 aromatic rings. The van der Waals surface area contributed by atoms with Crippen LogP contribution in [0.5, 0.6) is 0 Å². The van der Waals surface area contributed by atoms with E-state index in [1.165, 1.54) is 5.39 Å². The number of nitrogens with one attached hydrogen (secondary N) is 1. The zero-order chi connectivity index (χ0) is 20.6. The first-order chi connectivity index (χ1) is 15.3. The van der Waals surface area contributed by atoms with E-state index in [-0.39, 0.29) is 0 Å². The maximum Gasteiger partial charge on any atom is 0.164 e.